The number of nitrogens with one attached hydrogen (secondary N) is 1. The Morgan fingerprint density at radius 3 is 2.50 bits per heavy atom. The minimum atomic E-state index is 0.356. The Morgan fingerprint density at radius 1 is 1.21 bits per heavy atom. The summed E-state index contributed by atoms with van der Waals surface area (Å²) in [6.07, 6.45) is 5.07. The van der Waals surface area contributed by atoms with Crippen molar-refractivity contribution in [1.82, 2.24) is 0 Å². The molecule has 1 aromatic carbocycles. The van der Waals surface area contributed by atoms with E-state index < -0.39 is 0 Å². The Morgan fingerprint density at radius 2 is 1.93 bits per heavy atom. The molecule has 3 heteroatoms. The average Bonchev–Trinajstić information content (AvgIpc) is 2.25. The number of nitrogens with zero attached hydrogens (tertiary/aromatic N) is 2. The molecule has 0 aliphatic heterocycles. The van der Waals surface area contributed by atoms with Crippen LogP contribution in [-0.4, -0.2) is 6.54 Å². The van der Waals surface area contributed by atoms with Crippen molar-refractivity contribution in [3.8, 4) is 24.5 Å². The van der Waals surface area contributed by atoms with Crippen molar-refractivity contribution in [2.45, 2.75) is 0 Å². The maximum absolute atomic E-state index is 8.73. The zero-order chi connectivity index (χ0) is 10.4. The van der Waals surface area contributed by atoms with Gasteiger partial charge in [0.05, 0.1) is 17.7 Å². The maximum Gasteiger partial charge on any atom is 0.101 e. The largest absolute Gasteiger partial charge is 0.374 e. The molecule has 0 heterocycles. The lowest BCUT2D eigenvalue weighted by Crippen LogP contribution is -1.98. The number of hydrogen-bond acceptors (Lipinski definition) is 3. The number of benzene rings is 1. The monoisotopic (exact) mass is 181 g/mol. The van der Waals surface area contributed by atoms with Crippen LogP contribution in [0.4, 0.5) is 5.69 Å². The van der Waals surface area contributed by atoms with Gasteiger partial charge in [0.15, 0.2) is 0 Å². The third-order valence-corrected chi connectivity index (χ3v) is 1.66. The van der Waals surface area contributed by atoms with Gasteiger partial charge in [-0.3, -0.25) is 0 Å². The van der Waals surface area contributed by atoms with Crippen LogP contribution in [0, 0.1) is 35.0 Å². The first-order valence-corrected chi connectivity index (χ1v) is 3.93. The lowest BCUT2D eigenvalue weighted by Gasteiger charge is -2.02. The first-order valence-electron chi connectivity index (χ1n) is 3.93. The van der Waals surface area contributed by atoms with Crippen LogP contribution in [0.2, 0.25) is 0 Å². The van der Waals surface area contributed by atoms with E-state index in [-0.39, 0.29) is 0 Å². The minimum absolute atomic E-state index is 0.356. The molecule has 0 bridgehead atoms. The Balaban J connectivity index is 3.00. The van der Waals surface area contributed by atoms with Gasteiger partial charge < -0.3 is 5.32 Å². The molecule has 1 rings (SSSR count). The summed E-state index contributed by atoms with van der Waals surface area (Å²) in [6.45, 7) is 0.400. The number of anilines is 1. The van der Waals surface area contributed by atoms with E-state index in [1.165, 1.54) is 0 Å². The molecule has 14 heavy (non-hydrogen) atoms. The number of hydrogen-bond donors (Lipinski definition) is 1. The van der Waals surface area contributed by atoms with E-state index in [0.29, 0.717) is 17.7 Å². The second-order valence-electron chi connectivity index (χ2n) is 2.54. The highest BCUT2D eigenvalue weighted by molar-refractivity contribution is 5.56. The lowest BCUT2D eigenvalue weighted by molar-refractivity contribution is 1.36. The molecule has 0 fully saturated rings. The molecule has 0 aliphatic carbocycles. The first kappa shape index (κ1) is 9.65. The van der Waals surface area contributed by atoms with E-state index in [2.05, 4.69) is 11.2 Å². The Bertz CT molecular complexity index is 455. The smallest absolute Gasteiger partial charge is 0.101 e. The molecule has 0 aliphatic rings. The summed E-state index contributed by atoms with van der Waals surface area (Å²) in [6, 6.07) is 8.81. The van der Waals surface area contributed by atoms with Gasteiger partial charge in [-0.1, -0.05) is 5.92 Å². The van der Waals surface area contributed by atoms with E-state index >= 15 is 0 Å². The van der Waals surface area contributed by atoms with Gasteiger partial charge in [-0.15, -0.1) is 6.42 Å². The van der Waals surface area contributed by atoms with Crippen LogP contribution < -0.4 is 5.32 Å². The molecule has 0 atom stereocenters. The molecule has 0 spiro atoms. The van der Waals surface area contributed by atoms with Crippen molar-refractivity contribution in [3.05, 3.63) is 29.3 Å². The lowest BCUT2D eigenvalue weighted by atomic mass is 10.1. The van der Waals surface area contributed by atoms with Crippen LogP contribution in [0.25, 0.3) is 0 Å². The summed E-state index contributed by atoms with van der Waals surface area (Å²) in [5.41, 5.74) is 1.48. The van der Waals surface area contributed by atoms with Crippen molar-refractivity contribution in [2.24, 2.45) is 0 Å². The summed E-state index contributed by atoms with van der Waals surface area (Å²) in [5.74, 6) is 2.42. The molecule has 0 unspecified atom stereocenters. The zero-order valence-electron chi connectivity index (χ0n) is 7.41. The third-order valence-electron chi connectivity index (χ3n) is 1.66. The normalized spacial score (nSPS) is 8.07. The molecular formula is C11H7N3. The van der Waals surface area contributed by atoms with Gasteiger partial charge in [0.25, 0.3) is 0 Å². The molecule has 0 aromatic heterocycles. The minimum Gasteiger partial charge on any atom is -0.374 e. The van der Waals surface area contributed by atoms with E-state index in [4.69, 9.17) is 16.9 Å². The van der Waals surface area contributed by atoms with Gasteiger partial charge in [0.2, 0.25) is 0 Å². The van der Waals surface area contributed by atoms with Crippen molar-refractivity contribution >= 4 is 5.69 Å². The van der Waals surface area contributed by atoms with E-state index in [9.17, 15) is 0 Å². The Kier molecular flexibility index (Phi) is 3.14. The molecule has 3 nitrogen and oxygen atoms in total. The van der Waals surface area contributed by atoms with Crippen molar-refractivity contribution in [3.63, 3.8) is 0 Å². The predicted octanol–water partition coefficient (Wildman–Crippen LogP) is 1.48. The average molecular weight is 181 g/mol. The highest BCUT2D eigenvalue weighted by atomic mass is 14.8. The van der Waals surface area contributed by atoms with Crippen LogP contribution in [0.3, 0.4) is 0 Å². The van der Waals surface area contributed by atoms with Gasteiger partial charge >= 0.3 is 0 Å². The molecule has 0 amide bonds. The second-order valence-corrected chi connectivity index (χ2v) is 2.54. The topological polar surface area (TPSA) is 59.6 Å². The standard InChI is InChI=1S/C11H7N3/c1-2-5-14-11-4-3-9(7-12)10(6-11)8-13/h1,3-4,6,14H,5H2. The fourth-order valence-corrected chi connectivity index (χ4v) is 0.997. The fraction of sp³-hybridized carbons (Fsp3) is 0.0909. The van der Waals surface area contributed by atoms with Crippen LogP contribution in [-0.2, 0) is 0 Å². The summed E-state index contributed by atoms with van der Waals surface area (Å²) in [5, 5.41) is 20.3. The van der Waals surface area contributed by atoms with Gasteiger partial charge in [-0.25, -0.2) is 0 Å². The van der Waals surface area contributed by atoms with Crippen molar-refractivity contribution in [2.75, 3.05) is 11.9 Å². The predicted molar refractivity (Wildman–Crippen MR) is 53.2 cm³/mol. The molecule has 1 N–H and O–H groups in total. The Labute approximate surface area is 82.6 Å². The summed E-state index contributed by atoms with van der Waals surface area (Å²) in [7, 11) is 0. The van der Waals surface area contributed by atoms with E-state index in [1.807, 2.05) is 12.1 Å². The van der Waals surface area contributed by atoms with Crippen molar-refractivity contribution in [1.29, 1.82) is 10.5 Å². The molecule has 0 saturated heterocycles. The number of terminal acetylenes is 1. The van der Waals surface area contributed by atoms with Crippen LogP contribution in [0.15, 0.2) is 18.2 Å². The van der Waals surface area contributed by atoms with Crippen LogP contribution in [0.5, 0.6) is 0 Å². The first-order chi connectivity index (χ1) is 6.81. The van der Waals surface area contributed by atoms with Crippen LogP contribution >= 0.6 is 0 Å². The van der Waals surface area contributed by atoms with Gasteiger partial charge in [-0.2, -0.15) is 10.5 Å². The molecular weight excluding hydrogens is 174 g/mol. The highest BCUT2D eigenvalue weighted by Crippen LogP contribution is 2.13. The second kappa shape index (κ2) is 4.55. The fourth-order valence-electron chi connectivity index (χ4n) is 0.997. The maximum atomic E-state index is 8.73. The number of rotatable bonds is 2. The van der Waals surface area contributed by atoms with E-state index in [0.717, 1.165) is 5.69 Å². The third kappa shape index (κ3) is 2.03. The molecule has 0 saturated carbocycles. The van der Waals surface area contributed by atoms with Gasteiger partial charge in [-0.05, 0) is 18.2 Å². The van der Waals surface area contributed by atoms with Gasteiger partial charge in [0, 0.05) is 5.69 Å². The molecule has 1 aromatic rings. The SMILES string of the molecule is C#CCNc1ccc(C#N)c(C#N)c1. The Hall–Kier alpha value is -2.44. The van der Waals surface area contributed by atoms with Crippen molar-refractivity contribution < 1.29 is 0 Å². The molecule has 66 valence electrons. The van der Waals surface area contributed by atoms with E-state index in [1.54, 1.807) is 18.2 Å². The summed E-state index contributed by atoms with van der Waals surface area (Å²) in [4.78, 5) is 0. The molecule has 0 radical (unpaired) electrons. The zero-order valence-corrected chi connectivity index (χ0v) is 7.41. The van der Waals surface area contributed by atoms with Gasteiger partial charge in [0.1, 0.15) is 12.1 Å². The van der Waals surface area contributed by atoms with Crippen LogP contribution in [0.1, 0.15) is 11.1 Å². The summed E-state index contributed by atoms with van der Waals surface area (Å²) < 4.78 is 0. The summed E-state index contributed by atoms with van der Waals surface area (Å²) >= 11 is 0. The quantitative estimate of drug-likeness (QED) is 0.703. The highest BCUT2D eigenvalue weighted by Gasteiger charge is 2.01. The number of nitriles is 2.